The van der Waals surface area contributed by atoms with Crippen molar-refractivity contribution in [2.45, 2.75) is 29.2 Å². The standard InChI is InChI=1S/C20H23ClN2S/c1-2-22-9-11-23(12-10-22)18-13-15-5-3-4-6-19(15)24-20-8-7-16(21)14-17(18)20/h3-8,14,18H,2,9-13H2,1H3/t18-/m1/s1. The third-order valence-corrected chi connectivity index (χ3v) is 6.68. The van der Waals surface area contributed by atoms with Crippen molar-refractivity contribution >= 4 is 23.4 Å². The maximum Gasteiger partial charge on any atom is 0.0410 e. The fraction of sp³-hybridized carbons (Fsp3) is 0.400. The Morgan fingerprint density at radius 2 is 1.83 bits per heavy atom. The van der Waals surface area contributed by atoms with Gasteiger partial charge in [-0.05, 0) is 48.4 Å². The zero-order valence-corrected chi connectivity index (χ0v) is 15.6. The third-order valence-electron chi connectivity index (χ3n) is 5.23. The minimum Gasteiger partial charge on any atom is -0.301 e. The van der Waals surface area contributed by atoms with Gasteiger partial charge in [-0.15, -0.1) is 0 Å². The Kier molecular flexibility index (Phi) is 4.86. The van der Waals surface area contributed by atoms with Gasteiger partial charge in [-0.3, -0.25) is 4.90 Å². The van der Waals surface area contributed by atoms with Crippen molar-refractivity contribution in [1.29, 1.82) is 0 Å². The van der Waals surface area contributed by atoms with Gasteiger partial charge in [-0.25, -0.2) is 0 Å². The summed E-state index contributed by atoms with van der Waals surface area (Å²) in [7, 11) is 0. The largest absolute Gasteiger partial charge is 0.301 e. The van der Waals surface area contributed by atoms with E-state index in [1.165, 1.54) is 20.9 Å². The Bertz CT molecular complexity index is 725. The average molecular weight is 359 g/mol. The summed E-state index contributed by atoms with van der Waals surface area (Å²) in [5.41, 5.74) is 2.85. The summed E-state index contributed by atoms with van der Waals surface area (Å²) in [6, 6.07) is 15.7. The van der Waals surface area contributed by atoms with Crippen LogP contribution in [0.5, 0.6) is 0 Å². The number of hydrogen-bond donors (Lipinski definition) is 0. The molecule has 2 heterocycles. The van der Waals surface area contributed by atoms with E-state index in [1.807, 2.05) is 17.8 Å². The summed E-state index contributed by atoms with van der Waals surface area (Å²) < 4.78 is 0. The molecule has 2 nitrogen and oxygen atoms in total. The average Bonchev–Trinajstić information content (AvgIpc) is 2.78. The van der Waals surface area contributed by atoms with Crippen molar-refractivity contribution in [2.24, 2.45) is 0 Å². The van der Waals surface area contributed by atoms with Crippen molar-refractivity contribution in [3.63, 3.8) is 0 Å². The fourth-order valence-corrected chi connectivity index (χ4v) is 5.09. The first-order chi connectivity index (χ1) is 11.7. The van der Waals surface area contributed by atoms with Crippen molar-refractivity contribution in [3.05, 3.63) is 58.6 Å². The van der Waals surface area contributed by atoms with Crippen LogP contribution in [0.3, 0.4) is 0 Å². The van der Waals surface area contributed by atoms with E-state index >= 15 is 0 Å². The van der Waals surface area contributed by atoms with E-state index in [0.717, 1.165) is 44.2 Å². The van der Waals surface area contributed by atoms with Crippen molar-refractivity contribution in [2.75, 3.05) is 32.7 Å². The van der Waals surface area contributed by atoms with Crippen molar-refractivity contribution in [1.82, 2.24) is 9.80 Å². The number of piperazine rings is 1. The van der Waals surface area contributed by atoms with Gasteiger partial charge in [0.2, 0.25) is 0 Å². The summed E-state index contributed by atoms with van der Waals surface area (Å²) in [5, 5.41) is 0.845. The molecule has 1 saturated heterocycles. The highest BCUT2D eigenvalue weighted by molar-refractivity contribution is 7.99. The Morgan fingerprint density at radius 3 is 2.62 bits per heavy atom. The smallest absolute Gasteiger partial charge is 0.0410 e. The lowest BCUT2D eigenvalue weighted by Gasteiger charge is -2.39. The van der Waals surface area contributed by atoms with E-state index in [2.05, 4.69) is 53.1 Å². The molecule has 0 unspecified atom stereocenters. The molecule has 0 aromatic heterocycles. The number of hydrogen-bond acceptors (Lipinski definition) is 3. The molecule has 0 radical (unpaired) electrons. The summed E-state index contributed by atoms with van der Waals surface area (Å²) >= 11 is 8.24. The third kappa shape index (κ3) is 3.23. The maximum absolute atomic E-state index is 6.36. The van der Waals surface area contributed by atoms with Crippen LogP contribution in [0, 0.1) is 0 Å². The number of halogens is 1. The van der Waals surface area contributed by atoms with E-state index < -0.39 is 0 Å². The van der Waals surface area contributed by atoms with Gasteiger partial charge in [-0.2, -0.15) is 0 Å². The van der Waals surface area contributed by atoms with Crippen LogP contribution in [-0.4, -0.2) is 42.5 Å². The van der Waals surface area contributed by atoms with E-state index in [-0.39, 0.29) is 0 Å². The molecule has 4 rings (SSSR count). The highest BCUT2D eigenvalue weighted by Crippen LogP contribution is 2.43. The quantitative estimate of drug-likeness (QED) is 0.766. The fourth-order valence-electron chi connectivity index (χ4n) is 3.80. The van der Waals surface area contributed by atoms with Gasteiger partial charge in [0.1, 0.15) is 0 Å². The lowest BCUT2D eigenvalue weighted by molar-refractivity contribution is 0.0977. The van der Waals surface area contributed by atoms with E-state index in [9.17, 15) is 0 Å². The summed E-state index contributed by atoms with van der Waals surface area (Å²) in [5.74, 6) is 0. The monoisotopic (exact) mass is 358 g/mol. The second kappa shape index (κ2) is 7.09. The molecule has 2 aliphatic rings. The lowest BCUT2D eigenvalue weighted by Crippen LogP contribution is -2.47. The maximum atomic E-state index is 6.36. The predicted molar refractivity (Wildman–Crippen MR) is 102 cm³/mol. The lowest BCUT2D eigenvalue weighted by atomic mass is 9.96. The van der Waals surface area contributed by atoms with Gasteiger partial charge < -0.3 is 4.90 Å². The predicted octanol–water partition coefficient (Wildman–Crippen LogP) is 4.73. The van der Waals surface area contributed by atoms with Crippen molar-refractivity contribution in [3.8, 4) is 0 Å². The van der Waals surface area contributed by atoms with E-state index in [0.29, 0.717) is 6.04 Å². The zero-order valence-electron chi connectivity index (χ0n) is 14.0. The molecule has 0 saturated carbocycles. The van der Waals surface area contributed by atoms with Crippen LogP contribution >= 0.6 is 23.4 Å². The Labute approximate surface area is 153 Å². The van der Waals surface area contributed by atoms with Gasteiger partial charge in [0, 0.05) is 47.0 Å². The molecule has 0 aliphatic carbocycles. The number of benzene rings is 2. The highest BCUT2D eigenvalue weighted by Gasteiger charge is 2.29. The van der Waals surface area contributed by atoms with Gasteiger partial charge >= 0.3 is 0 Å². The molecule has 0 spiro atoms. The second-order valence-electron chi connectivity index (χ2n) is 6.58. The molecule has 24 heavy (non-hydrogen) atoms. The Morgan fingerprint density at radius 1 is 1.04 bits per heavy atom. The van der Waals surface area contributed by atoms with Crippen LogP contribution < -0.4 is 0 Å². The first kappa shape index (κ1) is 16.5. The first-order valence-electron chi connectivity index (χ1n) is 8.76. The van der Waals surface area contributed by atoms with Gasteiger partial charge in [0.25, 0.3) is 0 Å². The molecule has 2 aliphatic heterocycles. The molecule has 0 N–H and O–H groups in total. The van der Waals surface area contributed by atoms with Crippen LogP contribution in [0.25, 0.3) is 0 Å². The van der Waals surface area contributed by atoms with Crippen LogP contribution in [0.2, 0.25) is 5.02 Å². The minimum atomic E-state index is 0.425. The van der Waals surface area contributed by atoms with Crippen LogP contribution in [-0.2, 0) is 6.42 Å². The zero-order chi connectivity index (χ0) is 16.5. The summed E-state index contributed by atoms with van der Waals surface area (Å²) in [6.45, 7) is 8.01. The molecule has 1 fully saturated rings. The van der Waals surface area contributed by atoms with Gasteiger partial charge in [-0.1, -0.05) is 48.5 Å². The minimum absolute atomic E-state index is 0.425. The van der Waals surface area contributed by atoms with Crippen molar-refractivity contribution < 1.29 is 0 Å². The second-order valence-corrected chi connectivity index (χ2v) is 8.10. The molecular formula is C20H23ClN2S. The first-order valence-corrected chi connectivity index (χ1v) is 9.95. The molecule has 2 aromatic rings. The molecule has 1 atom stereocenters. The molecule has 4 heteroatoms. The Balaban J connectivity index is 1.71. The number of rotatable bonds is 2. The van der Waals surface area contributed by atoms with Crippen LogP contribution in [0.15, 0.2) is 52.3 Å². The molecule has 2 aromatic carbocycles. The van der Waals surface area contributed by atoms with E-state index in [4.69, 9.17) is 11.6 Å². The van der Waals surface area contributed by atoms with E-state index in [1.54, 1.807) is 0 Å². The molecule has 0 bridgehead atoms. The van der Waals surface area contributed by atoms with Gasteiger partial charge in [0.15, 0.2) is 0 Å². The number of nitrogens with zero attached hydrogens (tertiary/aromatic N) is 2. The van der Waals surface area contributed by atoms with Crippen LogP contribution in [0.4, 0.5) is 0 Å². The Hall–Kier alpha value is -1.00. The van der Waals surface area contributed by atoms with Crippen LogP contribution in [0.1, 0.15) is 24.1 Å². The SMILES string of the molecule is CCN1CCN([C@@H]2Cc3ccccc3Sc3ccc(Cl)cc32)CC1. The summed E-state index contributed by atoms with van der Waals surface area (Å²) in [6.07, 6.45) is 1.07. The topological polar surface area (TPSA) is 6.48 Å². The molecular weight excluding hydrogens is 336 g/mol. The number of fused-ring (bicyclic) bond motifs is 2. The number of likely N-dealkylation sites (N-methyl/N-ethyl adjacent to an activating group) is 1. The highest BCUT2D eigenvalue weighted by atomic mass is 35.5. The molecule has 0 amide bonds. The molecule has 126 valence electrons. The summed E-state index contributed by atoms with van der Waals surface area (Å²) in [4.78, 5) is 7.93. The van der Waals surface area contributed by atoms with Gasteiger partial charge in [0.05, 0.1) is 0 Å². The normalized spacial score (nSPS) is 21.8.